The van der Waals surface area contributed by atoms with Crippen LogP contribution >= 0.6 is 0 Å². The van der Waals surface area contributed by atoms with Crippen LogP contribution in [0.25, 0.3) is 5.69 Å². The standard InChI is InChI=1S/C11H13N3O2S/c1-8-10(7-17(15)16)13-14(11(8)12)9-5-3-2-4-6-9/h2-6,17H,7,12H2,1H3. The van der Waals surface area contributed by atoms with E-state index in [0.29, 0.717) is 17.1 Å². The Kier molecular flexibility index (Phi) is 3.14. The van der Waals surface area contributed by atoms with Crippen LogP contribution < -0.4 is 5.73 Å². The van der Waals surface area contributed by atoms with Crippen molar-refractivity contribution in [2.45, 2.75) is 12.7 Å². The average Bonchev–Trinajstić information content (AvgIpc) is 2.58. The van der Waals surface area contributed by atoms with E-state index in [-0.39, 0.29) is 5.75 Å². The molecule has 0 aliphatic heterocycles. The molecule has 1 heterocycles. The highest BCUT2D eigenvalue weighted by molar-refractivity contribution is 7.71. The number of rotatable bonds is 3. The van der Waals surface area contributed by atoms with Crippen molar-refractivity contribution in [2.75, 3.05) is 5.73 Å². The molecule has 5 nitrogen and oxygen atoms in total. The van der Waals surface area contributed by atoms with Gasteiger partial charge in [0.05, 0.1) is 17.1 Å². The Bertz CT molecular complexity index is 595. The lowest BCUT2D eigenvalue weighted by Gasteiger charge is -2.02. The molecule has 2 aromatic rings. The van der Waals surface area contributed by atoms with Gasteiger partial charge in [0.15, 0.2) is 0 Å². The average molecular weight is 251 g/mol. The topological polar surface area (TPSA) is 78.0 Å². The third-order valence-electron chi connectivity index (χ3n) is 2.55. The first-order valence-electron chi connectivity index (χ1n) is 5.11. The predicted molar refractivity (Wildman–Crippen MR) is 66.7 cm³/mol. The minimum atomic E-state index is -2.49. The molecule has 1 aromatic carbocycles. The summed E-state index contributed by atoms with van der Waals surface area (Å²) in [6, 6.07) is 9.37. The Hall–Kier alpha value is -1.82. The Morgan fingerprint density at radius 3 is 2.53 bits per heavy atom. The van der Waals surface area contributed by atoms with Gasteiger partial charge < -0.3 is 5.73 Å². The largest absolute Gasteiger partial charge is 0.383 e. The number of aromatic nitrogens is 2. The molecule has 1 aromatic heterocycles. The van der Waals surface area contributed by atoms with Gasteiger partial charge in [-0.2, -0.15) is 5.10 Å². The van der Waals surface area contributed by atoms with E-state index in [2.05, 4.69) is 5.10 Å². The van der Waals surface area contributed by atoms with Crippen LogP contribution in [-0.2, 0) is 16.5 Å². The molecule has 6 heteroatoms. The highest BCUT2D eigenvalue weighted by atomic mass is 32.2. The number of hydrogen-bond acceptors (Lipinski definition) is 4. The zero-order chi connectivity index (χ0) is 12.4. The highest BCUT2D eigenvalue weighted by Crippen LogP contribution is 2.20. The Morgan fingerprint density at radius 2 is 1.94 bits per heavy atom. The summed E-state index contributed by atoms with van der Waals surface area (Å²) in [5.41, 5.74) is 7.95. The quantitative estimate of drug-likeness (QED) is 0.794. The van der Waals surface area contributed by atoms with Gasteiger partial charge in [0.2, 0.25) is 0 Å². The lowest BCUT2D eigenvalue weighted by atomic mass is 10.3. The number of anilines is 1. The SMILES string of the molecule is Cc1c(C[SH](=O)=O)nn(-c2ccccc2)c1N. The van der Waals surface area contributed by atoms with Crippen LogP contribution in [0, 0.1) is 6.92 Å². The minimum absolute atomic E-state index is 0.0782. The normalized spacial score (nSPS) is 10.9. The second-order valence-corrected chi connectivity index (χ2v) is 4.68. The number of nitrogen functional groups attached to an aromatic ring is 1. The van der Waals surface area contributed by atoms with Crippen LogP contribution in [-0.4, -0.2) is 18.2 Å². The molecule has 0 amide bonds. The summed E-state index contributed by atoms with van der Waals surface area (Å²) in [6.45, 7) is 1.77. The molecule has 0 spiro atoms. The monoisotopic (exact) mass is 251 g/mol. The van der Waals surface area contributed by atoms with Crippen molar-refractivity contribution in [3.63, 3.8) is 0 Å². The number of benzene rings is 1. The van der Waals surface area contributed by atoms with Gasteiger partial charge in [-0.1, -0.05) is 18.2 Å². The van der Waals surface area contributed by atoms with E-state index in [1.165, 1.54) is 0 Å². The smallest absolute Gasteiger partial charge is 0.145 e. The van der Waals surface area contributed by atoms with Crippen LogP contribution in [0.1, 0.15) is 11.3 Å². The summed E-state index contributed by atoms with van der Waals surface area (Å²) in [5, 5.41) is 4.23. The summed E-state index contributed by atoms with van der Waals surface area (Å²) in [6.07, 6.45) is 0. The fraction of sp³-hybridized carbons (Fsp3) is 0.182. The van der Waals surface area contributed by atoms with E-state index >= 15 is 0 Å². The third kappa shape index (κ3) is 2.31. The maximum absolute atomic E-state index is 10.7. The molecular weight excluding hydrogens is 238 g/mol. The zero-order valence-electron chi connectivity index (χ0n) is 9.33. The Morgan fingerprint density at radius 1 is 1.29 bits per heavy atom. The molecule has 0 aliphatic rings. The first-order valence-corrected chi connectivity index (χ1v) is 6.47. The van der Waals surface area contributed by atoms with Gasteiger partial charge in [-0.25, -0.2) is 13.1 Å². The molecular formula is C11H13N3O2S. The number of nitrogens with two attached hydrogens (primary N) is 1. The lowest BCUT2D eigenvalue weighted by molar-refractivity contribution is 0.613. The molecule has 17 heavy (non-hydrogen) atoms. The predicted octanol–water partition coefficient (Wildman–Crippen LogP) is 0.874. The molecule has 0 saturated heterocycles. The van der Waals surface area contributed by atoms with Gasteiger partial charge in [-0.15, -0.1) is 0 Å². The van der Waals surface area contributed by atoms with Crippen molar-refractivity contribution in [3.8, 4) is 5.69 Å². The molecule has 0 aliphatic carbocycles. The minimum Gasteiger partial charge on any atom is -0.383 e. The third-order valence-corrected chi connectivity index (χ3v) is 3.10. The van der Waals surface area contributed by atoms with Crippen LogP contribution in [0.2, 0.25) is 0 Å². The van der Waals surface area contributed by atoms with Crippen LogP contribution in [0.3, 0.4) is 0 Å². The summed E-state index contributed by atoms with van der Waals surface area (Å²) >= 11 is 0. The molecule has 0 saturated carbocycles. The van der Waals surface area contributed by atoms with Crippen molar-refractivity contribution in [1.29, 1.82) is 0 Å². The van der Waals surface area contributed by atoms with Crippen LogP contribution in [0.15, 0.2) is 30.3 Å². The van der Waals surface area contributed by atoms with E-state index in [4.69, 9.17) is 5.73 Å². The second-order valence-electron chi connectivity index (χ2n) is 3.70. The van der Waals surface area contributed by atoms with Gasteiger partial charge in [0.1, 0.15) is 16.5 Å². The van der Waals surface area contributed by atoms with E-state index in [0.717, 1.165) is 5.69 Å². The van der Waals surface area contributed by atoms with Gasteiger partial charge in [-0.3, -0.25) is 0 Å². The molecule has 2 rings (SSSR count). The molecule has 0 radical (unpaired) electrons. The second kappa shape index (κ2) is 4.58. The van der Waals surface area contributed by atoms with Crippen molar-refractivity contribution < 1.29 is 8.42 Å². The highest BCUT2D eigenvalue weighted by Gasteiger charge is 2.13. The number of thiol groups is 1. The number of nitrogens with zero attached hydrogens (tertiary/aromatic N) is 2. The van der Waals surface area contributed by atoms with E-state index in [1.807, 2.05) is 30.3 Å². The number of hydrogen-bond donors (Lipinski definition) is 2. The van der Waals surface area contributed by atoms with Gasteiger partial charge in [0.25, 0.3) is 0 Å². The summed E-state index contributed by atoms with van der Waals surface area (Å²) in [4.78, 5) is 0. The lowest BCUT2D eigenvalue weighted by Crippen LogP contribution is -2.02. The van der Waals surface area contributed by atoms with Crippen molar-refractivity contribution in [1.82, 2.24) is 9.78 Å². The van der Waals surface area contributed by atoms with Crippen molar-refractivity contribution in [3.05, 3.63) is 41.6 Å². The van der Waals surface area contributed by atoms with Gasteiger partial charge in [0, 0.05) is 5.56 Å². The summed E-state index contributed by atoms with van der Waals surface area (Å²) in [5.74, 6) is 0.397. The summed E-state index contributed by atoms with van der Waals surface area (Å²) < 4.78 is 23.0. The van der Waals surface area contributed by atoms with Gasteiger partial charge >= 0.3 is 0 Å². The zero-order valence-corrected chi connectivity index (χ0v) is 10.2. The van der Waals surface area contributed by atoms with Crippen molar-refractivity contribution >= 4 is 16.5 Å². The van der Waals surface area contributed by atoms with E-state index in [9.17, 15) is 8.42 Å². The molecule has 0 unspecified atom stereocenters. The number of para-hydroxylation sites is 1. The summed E-state index contributed by atoms with van der Waals surface area (Å²) in [7, 11) is -2.49. The maximum Gasteiger partial charge on any atom is 0.145 e. The molecule has 0 fully saturated rings. The first kappa shape index (κ1) is 11.7. The van der Waals surface area contributed by atoms with Crippen LogP contribution in [0.4, 0.5) is 5.82 Å². The molecule has 0 bridgehead atoms. The van der Waals surface area contributed by atoms with Crippen LogP contribution in [0.5, 0.6) is 0 Å². The van der Waals surface area contributed by atoms with E-state index in [1.54, 1.807) is 11.6 Å². The van der Waals surface area contributed by atoms with E-state index < -0.39 is 10.7 Å². The molecule has 2 N–H and O–H groups in total. The molecule has 0 atom stereocenters. The fourth-order valence-electron chi connectivity index (χ4n) is 1.59. The molecule has 90 valence electrons. The fourth-order valence-corrected chi connectivity index (χ4v) is 2.14. The maximum atomic E-state index is 10.7. The Balaban J connectivity index is 2.50. The van der Waals surface area contributed by atoms with Gasteiger partial charge in [-0.05, 0) is 19.1 Å². The first-order chi connectivity index (χ1) is 8.09. The Labute approximate surface area is 101 Å². The van der Waals surface area contributed by atoms with Crippen molar-refractivity contribution in [2.24, 2.45) is 0 Å².